The summed E-state index contributed by atoms with van der Waals surface area (Å²) >= 11 is 12.1. The summed E-state index contributed by atoms with van der Waals surface area (Å²) in [5, 5.41) is 12.3. The van der Waals surface area contributed by atoms with E-state index in [0.29, 0.717) is 40.5 Å². The number of rotatable bonds is 9. The summed E-state index contributed by atoms with van der Waals surface area (Å²) < 4.78 is 5.76. The van der Waals surface area contributed by atoms with Gasteiger partial charge in [0.1, 0.15) is 0 Å². The summed E-state index contributed by atoms with van der Waals surface area (Å²) in [6.45, 7) is 3.87. The summed E-state index contributed by atoms with van der Waals surface area (Å²) in [4.78, 5) is 14.3. The second-order valence-electron chi connectivity index (χ2n) is 6.59. The van der Waals surface area contributed by atoms with Crippen LogP contribution >= 0.6 is 23.2 Å². The first kappa shape index (κ1) is 21.3. The lowest BCUT2D eigenvalue weighted by Crippen LogP contribution is -2.37. The van der Waals surface area contributed by atoms with E-state index in [1.807, 2.05) is 35.2 Å². The van der Waals surface area contributed by atoms with Crippen molar-refractivity contribution in [1.29, 1.82) is 0 Å². The molecule has 0 fully saturated rings. The van der Waals surface area contributed by atoms with E-state index in [1.165, 1.54) is 0 Å². The second-order valence-corrected chi connectivity index (χ2v) is 7.44. The van der Waals surface area contributed by atoms with Gasteiger partial charge in [-0.05, 0) is 42.8 Å². The SMILES string of the molecule is CCCN(CC(=O)NCc1ccc(Cl)cc1)Cc1nnc(-c2ccccc2Cl)o1. The van der Waals surface area contributed by atoms with Crippen molar-refractivity contribution in [1.82, 2.24) is 20.4 Å². The number of hydrogen-bond donors (Lipinski definition) is 1. The normalized spacial score (nSPS) is 11.0. The monoisotopic (exact) mass is 432 g/mol. The molecule has 0 saturated carbocycles. The molecule has 3 rings (SSSR count). The molecule has 2 aromatic carbocycles. The van der Waals surface area contributed by atoms with Crippen LogP contribution in [0.25, 0.3) is 11.5 Å². The van der Waals surface area contributed by atoms with Crippen LogP contribution in [0.4, 0.5) is 0 Å². The van der Waals surface area contributed by atoms with Crippen LogP contribution in [0, 0.1) is 0 Å². The molecule has 152 valence electrons. The first-order chi connectivity index (χ1) is 14.0. The number of carbonyl (C=O) groups is 1. The maximum atomic E-state index is 12.4. The highest BCUT2D eigenvalue weighted by atomic mass is 35.5. The van der Waals surface area contributed by atoms with Crippen molar-refractivity contribution in [3.63, 3.8) is 0 Å². The number of amides is 1. The van der Waals surface area contributed by atoms with Crippen molar-refractivity contribution in [2.24, 2.45) is 0 Å². The van der Waals surface area contributed by atoms with E-state index in [9.17, 15) is 4.79 Å². The standard InChI is InChI=1S/C21H22Cl2N4O2/c1-2-11-27(13-19(28)24-12-15-7-9-16(22)10-8-15)14-20-25-26-21(29-20)17-5-3-4-6-18(17)23/h3-10H,2,11-14H2,1H3,(H,24,28). The molecule has 1 heterocycles. The predicted molar refractivity (Wildman–Crippen MR) is 114 cm³/mol. The summed E-state index contributed by atoms with van der Waals surface area (Å²) in [6.07, 6.45) is 0.899. The van der Waals surface area contributed by atoms with Gasteiger partial charge in [0.05, 0.1) is 23.7 Å². The number of nitrogens with zero attached hydrogens (tertiary/aromatic N) is 3. The molecule has 0 saturated heterocycles. The fourth-order valence-electron chi connectivity index (χ4n) is 2.84. The third kappa shape index (κ3) is 6.29. The van der Waals surface area contributed by atoms with E-state index in [-0.39, 0.29) is 12.5 Å². The Morgan fingerprint density at radius 1 is 1.10 bits per heavy atom. The molecule has 8 heteroatoms. The lowest BCUT2D eigenvalue weighted by atomic mass is 10.2. The number of nitrogens with one attached hydrogen (secondary N) is 1. The average molecular weight is 433 g/mol. The average Bonchev–Trinajstić information content (AvgIpc) is 3.16. The molecule has 6 nitrogen and oxygen atoms in total. The molecule has 29 heavy (non-hydrogen) atoms. The van der Waals surface area contributed by atoms with E-state index in [1.54, 1.807) is 18.2 Å². The molecule has 0 bridgehead atoms. The number of benzene rings is 2. The Labute approximate surface area is 179 Å². The van der Waals surface area contributed by atoms with Crippen LogP contribution in [0.5, 0.6) is 0 Å². The molecule has 1 N–H and O–H groups in total. The Kier molecular flexibility index (Phi) is 7.63. The molecule has 1 amide bonds. The quantitative estimate of drug-likeness (QED) is 0.535. The highest BCUT2D eigenvalue weighted by Crippen LogP contribution is 2.26. The molecule has 0 spiro atoms. The van der Waals surface area contributed by atoms with Crippen LogP contribution in [-0.4, -0.2) is 34.1 Å². The Morgan fingerprint density at radius 3 is 2.59 bits per heavy atom. The van der Waals surface area contributed by atoms with Crippen LogP contribution in [-0.2, 0) is 17.9 Å². The van der Waals surface area contributed by atoms with Gasteiger partial charge in [-0.3, -0.25) is 9.69 Å². The largest absolute Gasteiger partial charge is 0.419 e. The molecule has 0 aliphatic carbocycles. The summed E-state index contributed by atoms with van der Waals surface area (Å²) in [6, 6.07) is 14.7. The molecule has 3 aromatic rings. The fraction of sp³-hybridized carbons (Fsp3) is 0.286. The molecule has 0 aliphatic rings. The van der Waals surface area contributed by atoms with Gasteiger partial charge >= 0.3 is 0 Å². The van der Waals surface area contributed by atoms with Crippen LogP contribution in [0.15, 0.2) is 52.9 Å². The molecular weight excluding hydrogens is 411 g/mol. The van der Waals surface area contributed by atoms with Crippen molar-refractivity contribution >= 4 is 29.1 Å². The van der Waals surface area contributed by atoms with Gasteiger partial charge < -0.3 is 9.73 Å². The van der Waals surface area contributed by atoms with E-state index in [2.05, 4.69) is 22.4 Å². The summed E-state index contributed by atoms with van der Waals surface area (Å²) in [7, 11) is 0. The second kappa shape index (κ2) is 10.4. The molecule has 0 aliphatic heterocycles. The molecular formula is C21H22Cl2N4O2. The van der Waals surface area contributed by atoms with Gasteiger partial charge in [-0.25, -0.2) is 0 Å². The van der Waals surface area contributed by atoms with Gasteiger partial charge in [-0.15, -0.1) is 10.2 Å². The van der Waals surface area contributed by atoms with Gasteiger partial charge in [-0.2, -0.15) is 0 Å². The molecule has 1 aromatic heterocycles. The first-order valence-corrected chi connectivity index (χ1v) is 10.1. The maximum Gasteiger partial charge on any atom is 0.249 e. The minimum absolute atomic E-state index is 0.0701. The number of halogens is 2. The van der Waals surface area contributed by atoms with E-state index in [0.717, 1.165) is 18.5 Å². The van der Waals surface area contributed by atoms with Crippen LogP contribution < -0.4 is 5.32 Å². The zero-order valence-corrected chi connectivity index (χ0v) is 17.6. The predicted octanol–water partition coefficient (Wildman–Crippen LogP) is 4.57. The third-order valence-corrected chi connectivity index (χ3v) is 4.82. The van der Waals surface area contributed by atoms with E-state index < -0.39 is 0 Å². The highest BCUT2D eigenvalue weighted by molar-refractivity contribution is 6.33. The van der Waals surface area contributed by atoms with Gasteiger partial charge in [0.2, 0.25) is 17.7 Å². The Bertz CT molecular complexity index is 944. The fourth-order valence-corrected chi connectivity index (χ4v) is 3.19. The van der Waals surface area contributed by atoms with Crippen LogP contribution in [0.3, 0.4) is 0 Å². The topological polar surface area (TPSA) is 71.3 Å². The Balaban J connectivity index is 1.57. The smallest absolute Gasteiger partial charge is 0.249 e. The number of aromatic nitrogens is 2. The molecule has 0 radical (unpaired) electrons. The zero-order valence-electron chi connectivity index (χ0n) is 16.1. The minimum Gasteiger partial charge on any atom is -0.419 e. The van der Waals surface area contributed by atoms with Crippen LogP contribution in [0.2, 0.25) is 10.0 Å². The van der Waals surface area contributed by atoms with Crippen molar-refractivity contribution in [2.45, 2.75) is 26.4 Å². The van der Waals surface area contributed by atoms with Crippen molar-refractivity contribution in [2.75, 3.05) is 13.1 Å². The Hall–Kier alpha value is -2.41. The van der Waals surface area contributed by atoms with Gasteiger partial charge in [-0.1, -0.05) is 54.4 Å². The highest BCUT2D eigenvalue weighted by Gasteiger charge is 2.16. The minimum atomic E-state index is -0.0701. The van der Waals surface area contributed by atoms with Crippen molar-refractivity contribution in [3.05, 3.63) is 70.0 Å². The van der Waals surface area contributed by atoms with Crippen LogP contribution in [0.1, 0.15) is 24.8 Å². The van der Waals surface area contributed by atoms with E-state index in [4.69, 9.17) is 27.6 Å². The van der Waals surface area contributed by atoms with E-state index >= 15 is 0 Å². The maximum absolute atomic E-state index is 12.4. The van der Waals surface area contributed by atoms with Gasteiger partial charge in [0.15, 0.2) is 0 Å². The van der Waals surface area contributed by atoms with Crippen molar-refractivity contribution < 1.29 is 9.21 Å². The Morgan fingerprint density at radius 2 is 1.86 bits per heavy atom. The third-order valence-electron chi connectivity index (χ3n) is 4.24. The summed E-state index contributed by atoms with van der Waals surface area (Å²) in [5.41, 5.74) is 1.68. The first-order valence-electron chi connectivity index (χ1n) is 9.36. The number of carbonyl (C=O) groups excluding carboxylic acids is 1. The summed E-state index contributed by atoms with van der Waals surface area (Å²) in [5.74, 6) is 0.743. The molecule has 0 unspecified atom stereocenters. The van der Waals surface area contributed by atoms with Gasteiger partial charge in [0.25, 0.3) is 0 Å². The lowest BCUT2D eigenvalue weighted by molar-refractivity contribution is -0.122. The zero-order chi connectivity index (χ0) is 20.6. The van der Waals surface area contributed by atoms with Gasteiger partial charge in [0, 0.05) is 11.6 Å². The molecule has 0 atom stereocenters. The van der Waals surface area contributed by atoms with Crippen molar-refractivity contribution in [3.8, 4) is 11.5 Å². The lowest BCUT2D eigenvalue weighted by Gasteiger charge is -2.19. The number of hydrogen-bond acceptors (Lipinski definition) is 5.